The van der Waals surface area contributed by atoms with Crippen molar-refractivity contribution in [3.8, 4) is 5.75 Å². The van der Waals surface area contributed by atoms with Crippen molar-refractivity contribution in [1.82, 2.24) is 14.5 Å². The van der Waals surface area contributed by atoms with Crippen molar-refractivity contribution in [3.63, 3.8) is 0 Å². The lowest BCUT2D eigenvalue weighted by molar-refractivity contribution is -0.0992. The van der Waals surface area contributed by atoms with Gasteiger partial charge in [0.1, 0.15) is 11.4 Å². The number of fused-ring (bicyclic) bond motifs is 3. The van der Waals surface area contributed by atoms with Gasteiger partial charge < -0.3 is 19.1 Å². The third-order valence-corrected chi connectivity index (χ3v) is 15.1. The Morgan fingerprint density at radius 2 is 1.76 bits per heavy atom. The molecule has 3 heterocycles. The number of allylic oxidation sites excluding steroid dienone is 1. The van der Waals surface area contributed by atoms with E-state index >= 15 is 0 Å². The number of methoxy groups -OCH3 is 2. The van der Waals surface area contributed by atoms with E-state index in [0.29, 0.717) is 36.9 Å². The number of piperazine rings is 1. The van der Waals surface area contributed by atoms with Gasteiger partial charge in [-0.05, 0) is 119 Å². The van der Waals surface area contributed by atoms with Crippen LogP contribution in [0.25, 0.3) is 0 Å². The number of benzene rings is 2. The Morgan fingerprint density at radius 1 is 0.982 bits per heavy atom. The molecule has 12 heteroatoms. The zero-order valence-corrected chi connectivity index (χ0v) is 35.4. The number of anilines is 1. The van der Waals surface area contributed by atoms with Gasteiger partial charge in [-0.3, -0.25) is 14.6 Å². The molecular weight excluding hydrogens is 736 g/mol. The summed E-state index contributed by atoms with van der Waals surface area (Å²) < 4.78 is 48.4. The van der Waals surface area contributed by atoms with Crippen molar-refractivity contribution in [2.24, 2.45) is 17.8 Å². The molecule has 2 aromatic carbocycles. The monoisotopic (exact) mass is 798 g/mol. The minimum absolute atomic E-state index is 0.0360. The lowest BCUT2D eigenvalue weighted by atomic mass is 9.63. The Hall–Kier alpha value is -2.67. The molecule has 4 aliphatic rings. The third-order valence-electron chi connectivity index (χ3n) is 13.0. The summed E-state index contributed by atoms with van der Waals surface area (Å²) in [6.07, 6.45) is 10.6. The Labute approximate surface area is 334 Å². The zero-order valence-electron chi connectivity index (χ0n) is 33.8. The fourth-order valence-electron chi connectivity index (χ4n) is 9.16. The lowest BCUT2D eigenvalue weighted by Crippen LogP contribution is -2.61. The van der Waals surface area contributed by atoms with Crippen molar-refractivity contribution in [1.29, 1.82) is 0 Å². The number of carbonyl (C=O) groups is 1. The van der Waals surface area contributed by atoms with Crippen LogP contribution in [0.4, 0.5) is 5.69 Å². The number of nitrogens with one attached hydrogen (secondary N) is 1. The van der Waals surface area contributed by atoms with Crippen molar-refractivity contribution in [3.05, 3.63) is 70.3 Å². The maximum absolute atomic E-state index is 13.6. The predicted molar refractivity (Wildman–Crippen MR) is 221 cm³/mol. The summed E-state index contributed by atoms with van der Waals surface area (Å²) in [7, 11) is -0.349. The van der Waals surface area contributed by atoms with Crippen LogP contribution in [0.15, 0.2) is 48.6 Å². The topological polar surface area (TPSA) is 101 Å². The zero-order chi connectivity index (χ0) is 39.4. The summed E-state index contributed by atoms with van der Waals surface area (Å²) in [5.74, 6) is 0.448. The Kier molecular flexibility index (Phi) is 13.6. The molecule has 2 aromatic rings. The van der Waals surface area contributed by atoms with Crippen LogP contribution in [-0.4, -0.2) is 114 Å². The van der Waals surface area contributed by atoms with E-state index in [1.165, 1.54) is 11.1 Å². The fraction of sp³-hybridized carbons (Fsp3) is 0.651. The molecule has 2 bridgehead atoms. The van der Waals surface area contributed by atoms with Crippen molar-refractivity contribution in [2.45, 2.75) is 89.0 Å². The fourth-order valence-corrected chi connectivity index (χ4v) is 10.6. The minimum Gasteiger partial charge on any atom is -0.491 e. The molecule has 55 heavy (non-hydrogen) atoms. The van der Waals surface area contributed by atoms with Crippen LogP contribution < -0.4 is 14.4 Å². The largest absolute Gasteiger partial charge is 0.491 e. The van der Waals surface area contributed by atoms with Crippen LogP contribution in [-0.2, 0) is 32.3 Å². The highest BCUT2D eigenvalue weighted by Crippen LogP contribution is 2.47. The van der Waals surface area contributed by atoms with E-state index in [1.807, 2.05) is 32.2 Å². The van der Waals surface area contributed by atoms with Gasteiger partial charge in [-0.25, -0.2) is 13.1 Å². The first-order valence-electron chi connectivity index (χ1n) is 20.3. The van der Waals surface area contributed by atoms with Gasteiger partial charge in [0.05, 0.1) is 24.2 Å². The predicted octanol–water partition coefficient (Wildman–Crippen LogP) is 6.60. The van der Waals surface area contributed by atoms with Gasteiger partial charge in [-0.2, -0.15) is 0 Å². The number of carbonyl (C=O) groups excluding carboxylic acids is 1. The molecule has 5 atom stereocenters. The second-order valence-electron chi connectivity index (χ2n) is 17.0. The molecule has 1 N–H and O–H groups in total. The van der Waals surface area contributed by atoms with E-state index < -0.39 is 26.8 Å². The molecule has 0 aromatic heterocycles. The van der Waals surface area contributed by atoms with Gasteiger partial charge in [-0.15, -0.1) is 0 Å². The first-order chi connectivity index (χ1) is 26.2. The Bertz CT molecular complexity index is 1780. The van der Waals surface area contributed by atoms with E-state index in [0.717, 1.165) is 95.0 Å². The van der Waals surface area contributed by atoms with E-state index in [1.54, 1.807) is 20.1 Å². The van der Waals surface area contributed by atoms with E-state index in [9.17, 15) is 13.2 Å². The highest BCUT2D eigenvalue weighted by Gasteiger charge is 2.48. The average Bonchev–Trinajstić information content (AvgIpc) is 3.13. The molecule has 0 radical (unpaired) electrons. The van der Waals surface area contributed by atoms with Gasteiger partial charge in [0.25, 0.3) is 5.91 Å². The molecule has 6 rings (SSSR count). The molecular formula is C43H63ClN4O6S. The molecule has 1 saturated carbocycles. The van der Waals surface area contributed by atoms with Gasteiger partial charge in [0.2, 0.25) is 10.0 Å². The summed E-state index contributed by atoms with van der Waals surface area (Å²) >= 11 is 6.43. The summed E-state index contributed by atoms with van der Waals surface area (Å²) in [5.41, 5.74) is 3.05. The maximum Gasteiger partial charge on any atom is 0.264 e. The molecule has 1 saturated heterocycles. The number of hydrogen-bond donors (Lipinski definition) is 1. The van der Waals surface area contributed by atoms with Gasteiger partial charge in [0.15, 0.2) is 0 Å². The van der Waals surface area contributed by atoms with Crippen LogP contribution in [0.5, 0.6) is 5.75 Å². The molecule has 3 aliphatic heterocycles. The molecule has 10 nitrogen and oxygen atoms in total. The van der Waals surface area contributed by atoms with E-state index in [4.69, 9.17) is 25.8 Å². The summed E-state index contributed by atoms with van der Waals surface area (Å²) in [5, 5.41) is -0.0357. The smallest absolute Gasteiger partial charge is 0.264 e. The Morgan fingerprint density at radius 3 is 2.47 bits per heavy atom. The summed E-state index contributed by atoms with van der Waals surface area (Å²) in [6.45, 7) is 15.4. The van der Waals surface area contributed by atoms with Crippen molar-refractivity contribution in [2.75, 3.05) is 78.1 Å². The van der Waals surface area contributed by atoms with Crippen LogP contribution >= 0.6 is 11.6 Å². The number of hydrogen-bond acceptors (Lipinski definition) is 9. The summed E-state index contributed by atoms with van der Waals surface area (Å²) in [6, 6.07) is 11.5. The van der Waals surface area contributed by atoms with E-state index in [-0.39, 0.29) is 17.4 Å². The number of ether oxygens (including phenoxy) is 3. The number of amides is 1. The van der Waals surface area contributed by atoms with Crippen LogP contribution in [0.2, 0.25) is 5.02 Å². The second-order valence-corrected chi connectivity index (χ2v) is 19.5. The second kappa shape index (κ2) is 17.9. The minimum atomic E-state index is -3.96. The average molecular weight is 800 g/mol. The quantitative estimate of drug-likeness (QED) is 0.324. The number of aryl methyl sites for hydroxylation is 1. The summed E-state index contributed by atoms with van der Waals surface area (Å²) in [4.78, 5) is 21.1. The van der Waals surface area contributed by atoms with Crippen molar-refractivity contribution < 1.29 is 27.4 Å². The first kappa shape index (κ1) is 41.9. The SMILES string of the molecule is COCC(C)(C)N1CCN(C[C@]2(OC)/C=C/C[C@H](C)[C@@H](C)S(=O)(=O)NC(=O)c3ccc4c(c3)N(CCCCc3cc(Cl)ccc3CCO4)C[C@@H]3CC[C@H]32)CC1. The third kappa shape index (κ3) is 9.73. The number of halogens is 1. The maximum atomic E-state index is 13.6. The van der Waals surface area contributed by atoms with Crippen molar-refractivity contribution >= 4 is 33.2 Å². The first-order valence-corrected chi connectivity index (χ1v) is 22.2. The number of rotatable bonds is 6. The van der Waals surface area contributed by atoms with Crippen LogP contribution in [0.3, 0.4) is 0 Å². The molecule has 2 fully saturated rings. The van der Waals surface area contributed by atoms with Crippen LogP contribution in [0.1, 0.15) is 81.3 Å². The molecule has 0 unspecified atom stereocenters. The lowest BCUT2D eigenvalue weighted by Gasteiger charge is -2.52. The highest BCUT2D eigenvalue weighted by molar-refractivity contribution is 7.90. The van der Waals surface area contributed by atoms with Crippen LogP contribution in [0, 0.1) is 17.8 Å². The Balaban J connectivity index is 1.34. The number of sulfonamides is 1. The number of nitrogens with zero attached hydrogens (tertiary/aromatic N) is 3. The van der Waals surface area contributed by atoms with Gasteiger partial charge in [0, 0.05) is 82.6 Å². The highest BCUT2D eigenvalue weighted by atomic mass is 35.5. The molecule has 304 valence electrons. The molecule has 1 aliphatic carbocycles. The van der Waals surface area contributed by atoms with Gasteiger partial charge in [-0.1, -0.05) is 36.7 Å². The normalized spacial score (nSPS) is 29.3. The standard InChI is InChI=1S/C43H63ClN4O6S/c1-31-10-9-19-43(53-6,29-46-21-23-48(24-22-46)42(3,4)30-52-5)38-16-13-36(38)28-47-20-8-7-11-34-26-37(44)15-12-33(34)18-25-54-40-17-14-35(27-39(40)47)41(49)45-55(50,51)32(31)2/h9,12,14-15,17,19,26-27,31-32,36,38H,7-8,10-11,13,16,18,20-25,28-30H2,1-6H3,(H,45,49)/b19-9+/t31-,32+,36-,38+,43+/m0/s1. The van der Waals surface area contributed by atoms with E-state index in [2.05, 4.69) is 57.6 Å². The van der Waals surface area contributed by atoms with Gasteiger partial charge >= 0.3 is 0 Å². The molecule has 1 amide bonds. The molecule has 0 spiro atoms.